The van der Waals surface area contributed by atoms with Crippen molar-refractivity contribution < 1.29 is 8.78 Å². The van der Waals surface area contributed by atoms with Gasteiger partial charge in [0.1, 0.15) is 11.6 Å². The molecule has 0 saturated heterocycles. The van der Waals surface area contributed by atoms with Gasteiger partial charge in [0.25, 0.3) is 5.56 Å². The van der Waals surface area contributed by atoms with E-state index in [0.29, 0.717) is 24.3 Å². The Morgan fingerprint density at radius 1 is 1.21 bits per heavy atom. The molecule has 132 valence electrons. The van der Waals surface area contributed by atoms with Crippen LogP contribution in [0.2, 0.25) is 0 Å². The van der Waals surface area contributed by atoms with Crippen LogP contribution in [-0.2, 0) is 13.1 Å². The zero-order chi connectivity index (χ0) is 17.1. The molecule has 0 spiro atoms. The van der Waals surface area contributed by atoms with Gasteiger partial charge < -0.3 is 4.90 Å². The van der Waals surface area contributed by atoms with Crippen LogP contribution in [0.4, 0.5) is 8.78 Å². The summed E-state index contributed by atoms with van der Waals surface area (Å²) in [4.78, 5) is 14.3. The molecule has 0 atom stereocenters. The van der Waals surface area contributed by atoms with Crippen molar-refractivity contribution in [1.29, 1.82) is 0 Å². The smallest absolute Gasteiger partial charge is 0.271 e. The quantitative estimate of drug-likeness (QED) is 0.823. The molecular formula is C17H22ClF2N3O. The molecule has 0 saturated carbocycles. The third kappa shape index (κ3) is 4.85. The summed E-state index contributed by atoms with van der Waals surface area (Å²) in [7, 11) is 3.70. The predicted octanol–water partition coefficient (Wildman–Crippen LogP) is 3.33. The van der Waals surface area contributed by atoms with E-state index in [4.69, 9.17) is 0 Å². The Bertz CT molecular complexity index is 726. The second-order valence-electron chi connectivity index (χ2n) is 6.30. The summed E-state index contributed by atoms with van der Waals surface area (Å²) >= 11 is 0. The maximum Gasteiger partial charge on any atom is 0.271 e. The number of benzene rings is 1. The van der Waals surface area contributed by atoms with Crippen LogP contribution in [0.1, 0.15) is 19.4 Å². The van der Waals surface area contributed by atoms with Gasteiger partial charge in [-0.1, -0.05) is 13.8 Å². The molecule has 0 radical (unpaired) electrons. The van der Waals surface area contributed by atoms with Gasteiger partial charge in [0.2, 0.25) is 0 Å². The third-order valence-corrected chi connectivity index (χ3v) is 3.28. The molecule has 0 bridgehead atoms. The zero-order valence-electron chi connectivity index (χ0n) is 14.2. The first-order chi connectivity index (χ1) is 10.8. The molecular weight excluding hydrogens is 336 g/mol. The lowest BCUT2D eigenvalue weighted by atomic mass is 10.1. The van der Waals surface area contributed by atoms with Crippen LogP contribution in [0.3, 0.4) is 0 Å². The Kier molecular flexibility index (Phi) is 7.05. The molecule has 2 rings (SSSR count). The maximum atomic E-state index is 14.0. The molecule has 0 aliphatic heterocycles. The fraction of sp³-hybridized carbons (Fsp3) is 0.412. The summed E-state index contributed by atoms with van der Waals surface area (Å²) in [5.74, 6) is -1.11. The van der Waals surface area contributed by atoms with Gasteiger partial charge in [0.05, 0.1) is 5.69 Å². The molecule has 4 nitrogen and oxygen atoms in total. The summed E-state index contributed by atoms with van der Waals surface area (Å²) < 4.78 is 28.5. The molecule has 2 aromatic rings. The first-order valence-corrected chi connectivity index (χ1v) is 7.49. The highest BCUT2D eigenvalue weighted by Gasteiger charge is 2.14. The van der Waals surface area contributed by atoms with Crippen molar-refractivity contribution in [3.8, 4) is 11.3 Å². The van der Waals surface area contributed by atoms with Crippen molar-refractivity contribution in [3.63, 3.8) is 0 Å². The second-order valence-corrected chi connectivity index (χ2v) is 6.30. The van der Waals surface area contributed by atoms with Gasteiger partial charge in [-0.25, -0.2) is 13.5 Å². The first kappa shape index (κ1) is 20.3. The van der Waals surface area contributed by atoms with E-state index < -0.39 is 11.6 Å². The Morgan fingerprint density at radius 2 is 1.88 bits per heavy atom. The van der Waals surface area contributed by atoms with Gasteiger partial charge in [0.15, 0.2) is 0 Å². The highest BCUT2D eigenvalue weighted by Crippen LogP contribution is 2.21. The van der Waals surface area contributed by atoms with Gasteiger partial charge in [-0.15, -0.1) is 12.4 Å². The highest BCUT2D eigenvalue weighted by atomic mass is 35.5. The van der Waals surface area contributed by atoms with Crippen LogP contribution in [0.5, 0.6) is 0 Å². The molecule has 0 aliphatic rings. The topological polar surface area (TPSA) is 38.1 Å². The molecule has 1 aromatic heterocycles. The van der Waals surface area contributed by atoms with Crippen LogP contribution in [0, 0.1) is 17.6 Å². The average molecular weight is 358 g/mol. The van der Waals surface area contributed by atoms with Gasteiger partial charge in [0, 0.05) is 30.3 Å². The van der Waals surface area contributed by atoms with Crippen molar-refractivity contribution in [2.75, 3.05) is 14.1 Å². The lowest BCUT2D eigenvalue weighted by molar-refractivity contribution is 0.392. The molecule has 24 heavy (non-hydrogen) atoms. The van der Waals surface area contributed by atoms with Crippen LogP contribution in [0.15, 0.2) is 29.1 Å². The van der Waals surface area contributed by atoms with Crippen LogP contribution < -0.4 is 5.56 Å². The molecule has 0 N–H and O–H groups in total. The summed E-state index contributed by atoms with van der Waals surface area (Å²) in [6.07, 6.45) is 0. The standard InChI is InChI=1S/C17H21F2N3O.ClH/c1-11(2)9-22-17(23)12(10-21(3)4)7-16(20-22)14-6-5-13(18)8-15(14)19;/h5-8,11H,9-10H2,1-4H3;1H. The lowest BCUT2D eigenvalue weighted by Crippen LogP contribution is -2.30. The van der Waals surface area contributed by atoms with Crippen LogP contribution >= 0.6 is 12.4 Å². The largest absolute Gasteiger partial charge is 0.305 e. The van der Waals surface area contributed by atoms with Crippen molar-refractivity contribution in [2.24, 2.45) is 5.92 Å². The fourth-order valence-electron chi connectivity index (χ4n) is 2.35. The summed E-state index contributed by atoms with van der Waals surface area (Å²) in [6.45, 7) is 4.82. The number of hydrogen-bond acceptors (Lipinski definition) is 3. The number of nitrogens with zero attached hydrogens (tertiary/aromatic N) is 3. The van der Waals surface area contributed by atoms with E-state index in [-0.39, 0.29) is 29.4 Å². The molecule has 7 heteroatoms. The van der Waals surface area contributed by atoms with Crippen molar-refractivity contribution in [2.45, 2.75) is 26.9 Å². The molecule has 0 amide bonds. The van der Waals surface area contributed by atoms with Gasteiger partial charge in [-0.3, -0.25) is 4.79 Å². The monoisotopic (exact) mass is 357 g/mol. The normalized spacial score (nSPS) is 11.0. The number of halogens is 3. The van der Waals surface area contributed by atoms with E-state index in [9.17, 15) is 13.6 Å². The fourth-order valence-corrected chi connectivity index (χ4v) is 2.35. The molecule has 0 unspecified atom stereocenters. The minimum atomic E-state index is -0.692. The minimum Gasteiger partial charge on any atom is -0.305 e. The van der Waals surface area contributed by atoms with E-state index in [2.05, 4.69) is 5.10 Å². The van der Waals surface area contributed by atoms with E-state index in [1.807, 2.05) is 32.8 Å². The number of aromatic nitrogens is 2. The van der Waals surface area contributed by atoms with Gasteiger partial charge in [-0.05, 0) is 38.2 Å². The first-order valence-electron chi connectivity index (χ1n) is 7.49. The number of hydrogen-bond donors (Lipinski definition) is 0. The molecule has 1 aromatic carbocycles. The summed E-state index contributed by atoms with van der Waals surface area (Å²) in [6, 6.07) is 4.93. The molecule has 0 aliphatic carbocycles. The Balaban J connectivity index is 0.00000288. The van der Waals surface area contributed by atoms with Crippen molar-refractivity contribution in [1.82, 2.24) is 14.7 Å². The zero-order valence-corrected chi connectivity index (χ0v) is 15.0. The Morgan fingerprint density at radius 3 is 2.42 bits per heavy atom. The number of rotatable bonds is 5. The summed E-state index contributed by atoms with van der Waals surface area (Å²) in [5, 5.41) is 4.26. The van der Waals surface area contributed by atoms with E-state index in [0.717, 1.165) is 6.07 Å². The van der Waals surface area contributed by atoms with E-state index in [1.165, 1.54) is 16.8 Å². The SMILES string of the molecule is CC(C)Cn1nc(-c2ccc(F)cc2F)cc(CN(C)C)c1=O.Cl. The molecule has 1 heterocycles. The van der Waals surface area contributed by atoms with E-state index >= 15 is 0 Å². The van der Waals surface area contributed by atoms with Crippen molar-refractivity contribution >= 4 is 12.4 Å². The lowest BCUT2D eigenvalue weighted by Gasteiger charge is -2.15. The Labute approximate surface area is 146 Å². The van der Waals surface area contributed by atoms with Crippen LogP contribution in [0.25, 0.3) is 11.3 Å². The average Bonchev–Trinajstić information content (AvgIpc) is 2.42. The Hall–Kier alpha value is -1.79. The van der Waals surface area contributed by atoms with Crippen LogP contribution in [-0.4, -0.2) is 28.8 Å². The third-order valence-electron chi connectivity index (χ3n) is 3.28. The summed E-state index contributed by atoms with van der Waals surface area (Å²) in [5.41, 5.74) is 0.867. The minimum absolute atomic E-state index is 0. The van der Waals surface area contributed by atoms with E-state index in [1.54, 1.807) is 6.07 Å². The molecule has 0 fully saturated rings. The maximum absolute atomic E-state index is 14.0. The van der Waals surface area contributed by atoms with Crippen molar-refractivity contribution in [3.05, 3.63) is 51.8 Å². The van der Waals surface area contributed by atoms with Gasteiger partial charge in [-0.2, -0.15) is 5.10 Å². The highest BCUT2D eigenvalue weighted by molar-refractivity contribution is 5.85. The second kappa shape index (κ2) is 8.35. The van der Waals surface area contributed by atoms with Gasteiger partial charge >= 0.3 is 0 Å². The predicted molar refractivity (Wildman–Crippen MR) is 93.3 cm³/mol.